The standard InChI is InChI=1S/C18H19N3O2S2/c1-13-6-3-4-7-14(13)11-24-12-17(22)21(2)10-16-19-18(20-23-16)15-8-5-9-25-15/h3-9H,10-12H2,1-2H3. The number of carbonyl (C=O) groups excluding carboxylic acids is 1. The van der Waals surface area contributed by atoms with Crippen LogP contribution in [0.2, 0.25) is 0 Å². The van der Waals surface area contributed by atoms with E-state index in [0.717, 1.165) is 10.6 Å². The molecule has 3 rings (SSSR count). The zero-order valence-corrected chi connectivity index (χ0v) is 15.8. The Bertz CT molecular complexity index is 830. The van der Waals surface area contributed by atoms with Crippen LogP contribution in [0.3, 0.4) is 0 Å². The van der Waals surface area contributed by atoms with Crippen molar-refractivity contribution < 1.29 is 9.32 Å². The Balaban J connectivity index is 1.48. The average Bonchev–Trinajstić information content (AvgIpc) is 3.27. The minimum atomic E-state index is 0.0504. The summed E-state index contributed by atoms with van der Waals surface area (Å²) in [7, 11) is 1.76. The Labute approximate surface area is 155 Å². The summed E-state index contributed by atoms with van der Waals surface area (Å²) >= 11 is 3.17. The van der Waals surface area contributed by atoms with Crippen LogP contribution in [0.1, 0.15) is 17.0 Å². The fourth-order valence-electron chi connectivity index (χ4n) is 2.25. The largest absolute Gasteiger partial charge is 0.337 e. The van der Waals surface area contributed by atoms with E-state index in [2.05, 4.69) is 29.2 Å². The molecule has 7 heteroatoms. The van der Waals surface area contributed by atoms with Crippen molar-refractivity contribution in [1.82, 2.24) is 15.0 Å². The van der Waals surface area contributed by atoms with Crippen LogP contribution in [0.4, 0.5) is 0 Å². The highest BCUT2D eigenvalue weighted by Crippen LogP contribution is 2.21. The number of amides is 1. The van der Waals surface area contributed by atoms with Gasteiger partial charge in [0.2, 0.25) is 17.6 Å². The van der Waals surface area contributed by atoms with Crippen LogP contribution in [0.25, 0.3) is 10.7 Å². The number of hydrogen-bond acceptors (Lipinski definition) is 6. The van der Waals surface area contributed by atoms with Crippen LogP contribution in [0.5, 0.6) is 0 Å². The molecule has 0 unspecified atom stereocenters. The molecule has 0 saturated heterocycles. The first-order chi connectivity index (χ1) is 12.1. The first-order valence-electron chi connectivity index (χ1n) is 7.86. The highest BCUT2D eigenvalue weighted by Gasteiger charge is 2.15. The maximum absolute atomic E-state index is 12.3. The average molecular weight is 374 g/mol. The van der Waals surface area contributed by atoms with Gasteiger partial charge < -0.3 is 9.42 Å². The molecule has 0 atom stereocenters. The van der Waals surface area contributed by atoms with Gasteiger partial charge in [-0.05, 0) is 29.5 Å². The molecule has 2 aromatic heterocycles. The molecule has 0 aliphatic carbocycles. The normalized spacial score (nSPS) is 10.8. The van der Waals surface area contributed by atoms with E-state index in [1.807, 2.05) is 29.6 Å². The third-order valence-corrected chi connectivity index (χ3v) is 5.58. The molecule has 2 heterocycles. The minimum Gasteiger partial charge on any atom is -0.337 e. The molecule has 25 heavy (non-hydrogen) atoms. The van der Waals surface area contributed by atoms with E-state index in [9.17, 15) is 4.79 Å². The Morgan fingerprint density at radius 3 is 2.88 bits per heavy atom. The predicted octanol–water partition coefficient (Wildman–Crippen LogP) is 4.00. The first kappa shape index (κ1) is 17.7. The number of hydrogen-bond donors (Lipinski definition) is 0. The lowest BCUT2D eigenvalue weighted by molar-refractivity contribution is -0.127. The van der Waals surface area contributed by atoms with Crippen molar-refractivity contribution in [1.29, 1.82) is 0 Å². The van der Waals surface area contributed by atoms with Crippen LogP contribution in [-0.2, 0) is 17.1 Å². The summed E-state index contributed by atoms with van der Waals surface area (Å²) < 4.78 is 5.24. The summed E-state index contributed by atoms with van der Waals surface area (Å²) in [6, 6.07) is 12.1. The Hall–Kier alpha value is -2.12. The van der Waals surface area contributed by atoms with Crippen LogP contribution < -0.4 is 0 Å². The molecule has 0 radical (unpaired) electrons. The molecule has 0 aliphatic heterocycles. The zero-order valence-electron chi connectivity index (χ0n) is 14.1. The quantitative estimate of drug-likeness (QED) is 0.626. The summed E-state index contributed by atoms with van der Waals surface area (Å²) in [4.78, 5) is 19.2. The minimum absolute atomic E-state index is 0.0504. The Morgan fingerprint density at radius 2 is 2.12 bits per heavy atom. The van der Waals surface area contributed by atoms with Gasteiger partial charge in [0.1, 0.15) is 0 Å². The molecule has 0 aliphatic rings. The number of aryl methyl sites for hydroxylation is 1. The van der Waals surface area contributed by atoms with Gasteiger partial charge in [0.15, 0.2) is 0 Å². The maximum atomic E-state index is 12.3. The van der Waals surface area contributed by atoms with Crippen LogP contribution in [-0.4, -0.2) is 33.7 Å². The number of carbonyl (C=O) groups is 1. The molecule has 1 aromatic carbocycles. The van der Waals surface area contributed by atoms with Crippen molar-refractivity contribution in [3.8, 4) is 10.7 Å². The summed E-state index contributed by atoms with van der Waals surface area (Å²) in [6.45, 7) is 2.41. The van der Waals surface area contributed by atoms with E-state index in [-0.39, 0.29) is 5.91 Å². The Kier molecular flexibility index (Phi) is 5.88. The van der Waals surface area contributed by atoms with Gasteiger partial charge in [-0.2, -0.15) is 4.98 Å². The van der Waals surface area contributed by atoms with E-state index in [0.29, 0.717) is 24.0 Å². The Morgan fingerprint density at radius 1 is 1.28 bits per heavy atom. The van der Waals surface area contributed by atoms with Crippen LogP contribution in [0.15, 0.2) is 46.3 Å². The topological polar surface area (TPSA) is 59.2 Å². The maximum Gasteiger partial charge on any atom is 0.246 e. The van der Waals surface area contributed by atoms with Gasteiger partial charge in [0.25, 0.3) is 0 Å². The second kappa shape index (κ2) is 8.31. The summed E-state index contributed by atoms with van der Waals surface area (Å²) in [5.41, 5.74) is 2.52. The van der Waals surface area contributed by atoms with Crippen molar-refractivity contribution in [3.05, 3.63) is 58.8 Å². The highest BCUT2D eigenvalue weighted by atomic mass is 32.2. The zero-order chi connectivity index (χ0) is 17.6. The summed E-state index contributed by atoms with van der Waals surface area (Å²) in [6.07, 6.45) is 0. The smallest absolute Gasteiger partial charge is 0.246 e. The van der Waals surface area contributed by atoms with Crippen molar-refractivity contribution in [2.75, 3.05) is 12.8 Å². The van der Waals surface area contributed by atoms with Crippen LogP contribution >= 0.6 is 23.1 Å². The van der Waals surface area contributed by atoms with Gasteiger partial charge in [0, 0.05) is 12.8 Å². The van der Waals surface area contributed by atoms with Gasteiger partial charge in [-0.1, -0.05) is 35.5 Å². The second-order valence-corrected chi connectivity index (χ2v) is 7.59. The lowest BCUT2D eigenvalue weighted by atomic mass is 10.1. The van der Waals surface area contributed by atoms with Crippen LogP contribution in [0, 0.1) is 6.92 Å². The number of rotatable bonds is 7. The third-order valence-electron chi connectivity index (χ3n) is 3.75. The highest BCUT2D eigenvalue weighted by molar-refractivity contribution is 7.99. The molecule has 130 valence electrons. The predicted molar refractivity (Wildman–Crippen MR) is 101 cm³/mol. The molecule has 3 aromatic rings. The van der Waals surface area contributed by atoms with Crippen molar-refractivity contribution >= 4 is 29.0 Å². The summed E-state index contributed by atoms with van der Waals surface area (Å²) in [5, 5.41) is 5.93. The summed E-state index contributed by atoms with van der Waals surface area (Å²) in [5.74, 6) is 2.32. The lowest BCUT2D eigenvalue weighted by Crippen LogP contribution is -2.28. The number of benzene rings is 1. The van der Waals surface area contributed by atoms with E-state index in [4.69, 9.17) is 4.52 Å². The number of thiophene rings is 1. The van der Waals surface area contributed by atoms with Gasteiger partial charge in [-0.25, -0.2) is 0 Å². The van der Waals surface area contributed by atoms with E-state index in [1.165, 1.54) is 11.1 Å². The number of aromatic nitrogens is 2. The molecule has 5 nitrogen and oxygen atoms in total. The lowest BCUT2D eigenvalue weighted by Gasteiger charge is -2.14. The fraction of sp³-hybridized carbons (Fsp3) is 0.278. The SMILES string of the molecule is Cc1ccccc1CSCC(=O)N(C)Cc1nc(-c2cccs2)no1. The van der Waals surface area contributed by atoms with Gasteiger partial charge in [-0.3, -0.25) is 4.79 Å². The molecular formula is C18H19N3O2S2. The van der Waals surface area contributed by atoms with E-state index >= 15 is 0 Å². The van der Waals surface area contributed by atoms with E-state index in [1.54, 1.807) is 35.0 Å². The molecule has 0 saturated carbocycles. The molecule has 0 fully saturated rings. The van der Waals surface area contributed by atoms with Crippen molar-refractivity contribution in [2.24, 2.45) is 0 Å². The molecular weight excluding hydrogens is 354 g/mol. The molecule has 0 bridgehead atoms. The van der Waals surface area contributed by atoms with Gasteiger partial charge >= 0.3 is 0 Å². The fourth-order valence-corrected chi connectivity index (χ4v) is 3.94. The van der Waals surface area contributed by atoms with Gasteiger partial charge in [-0.15, -0.1) is 23.1 Å². The molecule has 0 N–H and O–H groups in total. The third kappa shape index (κ3) is 4.70. The number of thioether (sulfide) groups is 1. The number of nitrogens with zero attached hydrogens (tertiary/aromatic N) is 3. The molecule has 1 amide bonds. The monoisotopic (exact) mass is 373 g/mol. The second-order valence-electron chi connectivity index (χ2n) is 5.66. The van der Waals surface area contributed by atoms with Crippen molar-refractivity contribution in [2.45, 2.75) is 19.2 Å². The van der Waals surface area contributed by atoms with Gasteiger partial charge in [0.05, 0.1) is 17.2 Å². The van der Waals surface area contributed by atoms with E-state index < -0.39 is 0 Å². The molecule has 0 spiro atoms. The van der Waals surface area contributed by atoms with Crippen molar-refractivity contribution in [3.63, 3.8) is 0 Å². The first-order valence-corrected chi connectivity index (χ1v) is 9.89.